The van der Waals surface area contributed by atoms with Crippen LogP contribution >= 0.6 is 22.6 Å². The molecular weight excluding hydrogens is 405 g/mol. The third-order valence-corrected chi connectivity index (χ3v) is 4.97. The predicted molar refractivity (Wildman–Crippen MR) is 96.9 cm³/mol. The molecule has 2 aromatic carbocycles. The molecule has 0 aromatic heterocycles. The van der Waals surface area contributed by atoms with Crippen LogP contribution in [0.15, 0.2) is 65.7 Å². The summed E-state index contributed by atoms with van der Waals surface area (Å²) in [6.45, 7) is 0. The van der Waals surface area contributed by atoms with E-state index in [0.29, 0.717) is 10.3 Å². The van der Waals surface area contributed by atoms with Crippen LogP contribution in [0.4, 0.5) is 0 Å². The van der Waals surface area contributed by atoms with Crippen LogP contribution in [-0.2, 0) is 14.3 Å². The van der Waals surface area contributed by atoms with Gasteiger partial charge in [0.15, 0.2) is 0 Å². The Bertz CT molecular complexity index is 718. The minimum Gasteiger partial charge on any atom is -0.466 e. The van der Waals surface area contributed by atoms with E-state index < -0.39 is 17.6 Å². The fourth-order valence-corrected chi connectivity index (χ4v) is 3.53. The molecule has 0 bridgehead atoms. The van der Waals surface area contributed by atoms with Crippen LogP contribution in [0.2, 0.25) is 0 Å². The van der Waals surface area contributed by atoms with Crippen LogP contribution in [0.1, 0.15) is 17.2 Å². The van der Waals surface area contributed by atoms with Crippen LogP contribution in [0, 0.1) is 0 Å². The van der Waals surface area contributed by atoms with Gasteiger partial charge in [-0.1, -0.05) is 71.1 Å². The van der Waals surface area contributed by atoms with Gasteiger partial charge in [0, 0.05) is 5.56 Å². The summed E-state index contributed by atoms with van der Waals surface area (Å²) in [6, 6.07) is 18.9. The summed E-state index contributed by atoms with van der Waals surface area (Å²) in [5.74, 6) is 0.0666. The Morgan fingerprint density at radius 3 is 2.35 bits per heavy atom. The van der Waals surface area contributed by atoms with Crippen molar-refractivity contribution in [2.45, 2.75) is 11.6 Å². The van der Waals surface area contributed by atoms with E-state index >= 15 is 0 Å². The summed E-state index contributed by atoms with van der Waals surface area (Å²) in [7, 11) is 1.38. The maximum absolute atomic E-state index is 12.5. The van der Waals surface area contributed by atoms with Crippen molar-refractivity contribution in [2.24, 2.45) is 4.99 Å². The molecule has 5 heteroatoms. The van der Waals surface area contributed by atoms with Crippen LogP contribution in [0.5, 0.6) is 0 Å². The van der Waals surface area contributed by atoms with Gasteiger partial charge in [0.25, 0.3) is 0 Å². The average Bonchev–Trinajstić information content (AvgIpc) is 3.03. The molecule has 2 atom stereocenters. The molecule has 0 radical (unpaired) electrons. The van der Waals surface area contributed by atoms with E-state index in [1.165, 1.54) is 7.11 Å². The van der Waals surface area contributed by atoms with Crippen LogP contribution in [0.3, 0.4) is 0 Å². The van der Waals surface area contributed by atoms with Crippen molar-refractivity contribution in [3.63, 3.8) is 0 Å². The summed E-state index contributed by atoms with van der Waals surface area (Å²) in [5, 5.41) is 0. The summed E-state index contributed by atoms with van der Waals surface area (Å²) < 4.78 is 11.5. The van der Waals surface area contributed by atoms with E-state index in [1.54, 1.807) is 0 Å². The Kier molecular flexibility index (Phi) is 4.66. The van der Waals surface area contributed by atoms with Crippen molar-refractivity contribution < 1.29 is 14.3 Å². The van der Waals surface area contributed by atoms with E-state index in [9.17, 15) is 4.79 Å². The zero-order chi connectivity index (χ0) is 16.3. The second-order valence-electron chi connectivity index (χ2n) is 5.23. The van der Waals surface area contributed by atoms with Crippen molar-refractivity contribution in [1.82, 2.24) is 0 Å². The molecule has 0 saturated carbocycles. The molecule has 0 spiro atoms. The lowest BCUT2D eigenvalue weighted by Gasteiger charge is -2.29. The van der Waals surface area contributed by atoms with Crippen LogP contribution in [-0.4, -0.2) is 29.0 Å². The third kappa shape index (κ3) is 2.85. The first kappa shape index (κ1) is 16.0. The Balaban J connectivity index is 2.09. The molecule has 0 fully saturated rings. The van der Waals surface area contributed by atoms with E-state index in [-0.39, 0.29) is 0 Å². The Morgan fingerprint density at radius 2 is 1.78 bits per heavy atom. The molecule has 0 N–H and O–H groups in total. The first-order chi connectivity index (χ1) is 11.2. The number of alkyl halides is 1. The highest BCUT2D eigenvalue weighted by Crippen LogP contribution is 2.41. The summed E-state index contributed by atoms with van der Waals surface area (Å²) >= 11 is 2.15. The summed E-state index contributed by atoms with van der Waals surface area (Å²) in [4.78, 5) is 17.2. The fraction of sp³-hybridized carbons (Fsp3) is 0.222. The molecular formula is C18H16INO3. The van der Waals surface area contributed by atoms with E-state index in [4.69, 9.17) is 14.5 Å². The second-order valence-corrected chi connectivity index (χ2v) is 5.99. The Morgan fingerprint density at radius 1 is 1.17 bits per heavy atom. The van der Waals surface area contributed by atoms with Gasteiger partial charge in [-0.15, -0.1) is 0 Å². The van der Waals surface area contributed by atoms with Gasteiger partial charge >= 0.3 is 5.97 Å². The highest BCUT2D eigenvalue weighted by atomic mass is 127. The first-order valence-electron chi connectivity index (χ1n) is 7.23. The zero-order valence-corrected chi connectivity index (χ0v) is 14.8. The van der Waals surface area contributed by atoms with Crippen LogP contribution in [0.25, 0.3) is 0 Å². The van der Waals surface area contributed by atoms with Crippen molar-refractivity contribution in [3.8, 4) is 0 Å². The number of ether oxygens (including phenoxy) is 2. The summed E-state index contributed by atoms with van der Waals surface area (Å²) in [6.07, 6.45) is 0. The minimum absolute atomic E-state index is 0.407. The lowest BCUT2D eigenvalue weighted by Crippen LogP contribution is -2.46. The number of aliphatic imine (C=N–C) groups is 1. The van der Waals surface area contributed by atoms with E-state index in [0.717, 1.165) is 11.1 Å². The Hall–Kier alpha value is -1.89. The van der Waals surface area contributed by atoms with Gasteiger partial charge < -0.3 is 9.47 Å². The van der Waals surface area contributed by atoms with E-state index in [1.807, 2.05) is 60.7 Å². The van der Waals surface area contributed by atoms with Gasteiger partial charge in [-0.2, -0.15) is 0 Å². The van der Waals surface area contributed by atoms with Crippen molar-refractivity contribution >= 4 is 34.5 Å². The molecule has 0 aliphatic carbocycles. The highest BCUT2D eigenvalue weighted by molar-refractivity contribution is 14.1. The first-order valence-corrected chi connectivity index (χ1v) is 8.75. The number of esters is 1. The largest absolute Gasteiger partial charge is 0.466 e. The maximum Gasteiger partial charge on any atom is 0.353 e. The normalized spacial score (nSPS) is 23.0. The van der Waals surface area contributed by atoms with Gasteiger partial charge in [0.05, 0.1) is 11.5 Å². The van der Waals surface area contributed by atoms with Gasteiger partial charge in [-0.3, -0.25) is 0 Å². The number of halogens is 1. The molecule has 1 heterocycles. The molecule has 23 heavy (non-hydrogen) atoms. The molecule has 0 saturated heterocycles. The van der Waals surface area contributed by atoms with E-state index in [2.05, 4.69) is 22.6 Å². The number of rotatable bonds is 4. The smallest absolute Gasteiger partial charge is 0.353 e. The summed E-state index contributed by atoms with van der Waals surface area (Å²) in [5.41, 5.74) is 0.645. The molecule has 0 unspecified atom stereocenters. The number of methoxy groups -OCH3 is 1. The number of carbonyl (C=O) groups is 1. The molecule has 2 aromatic rings. The van der Waals surface area contributed by atoms with Gasteiger partial charge in [-0.05, 0) is 17.7 Å². The lowest BCUT2D eigenvalue weighted by atomic mass is 9.91. The monoisotopic (exact) mass is 421 g/mol. The fourth-order valence-electron chi connectivity index (χ4n) is 2.65. The second kappa shape index (κ2) is 6.70. The van der Waals surface area contributed by atoms with Crippen LogP contribution < -0.4 is 0 Å². The lowest BCUT2D eigenvalue weighted by molar-refractivity contribution is -0.158. The molecule has 0 amide bonds. The standard InChI is InChI=1S/C18H16INO3/c1-22-17(21)18(12-19)15(13-8-4-2-5-9-13)20-16(23-18)14-10-6-3-7-11-14/h2-11,15H,12H2,1H3/t15-,18-/m0/s1. The number of hydrogen-bond acceptors (Lipinski definition) is 4. The average molecular weight is 421 g/mol. The zero-order valence-electron chi connectivity index (χ0n) is 12.6. The number of benzene rings is 2. The maximum atomic E-state index is 12.5. The van der Waals surface area contributed by atoms with Crippen molar-refractivity contribution in [1.29, 1.82) is 0 Å². The van der Waals surface area contributed by atoms with Gasteiger partial charge in [0.2, 0.25) is 11.5 Å². The van der Waals surface area contributed by atoms with Gasteiger partial charge in [0.1, 0.15) is 6.04 Å². The van der Waals surface area contributed by atoms with Crippen molar-refractivity contribution in [3.05, 3.63) is 71.8 Å². The third-order valence-electron chi connectivity index (χ3n) is 3.83. The number of hydrogen-bond donors (Lipinski definition) is 0. The molecule has 118 valence electrons. The predicted octanol–water partition coefficient (Wildman–Crippen LogP) is 3.55. The topological polar surface area (TPSA) is 47.9 Å². The number of nitrogens with zero attached hydrogens (tertiary/aromatic N) is 1. The highest BCUT2D eigenvalue weighted by Gasteiger charge is 2.54. The quantitative estimate of drug-likeness (QED) is 0.431. The molecule has 3 rings (SSSR count). The SMILES string of the molecule is COC(=O)[C@@]1(CI)OC(c2ccccc2)=N[C@H]1c1ccccc1. The molecule has 4 nitrogen and oxygen atoms in total. The molecule has 1 aliphatic heterocycles. The Labute approximate surface area is 148 Å². The van der Waals surface area contributed by atoms with Crippen molar-refractivity contribution in [2.75, 3.05) is 11.5 Å². The molecule has 1 aliphatic rings. The minimum atomic E-state index is -1.14. The van der Waals surface area contributed by atoms with Gasteiger partial charge in [-0.25, -0.2) is 9.79 Å². The number of carbonyl (C=O) groups excluding carboxylic acids is 1.